The summed E-state index contributed by atoms with van der Waals surface area (Å²) in [6.45, 7) is 1.51. The van der Waals surface area contributed by atoms with Gasteiger partial charge in [0.05, 0.1) is 10.7 Å². The quantitative estimate of drug-likeness (QED) is 0.843. The van der Waals surface area contributed by atoms with Crippen LogP contribution in [0.5, 0.6) is 0 Å². The van der Waals surface area contributed by atoms with E-state index in [-0.39, 0.29) is 10.8 Å². The van der Waals surface area contributed by atoms with Crippen molar-refractivity contribution >= 4 is 11.6 Å². The molecule has 2 rings (SSSR count). The highest BCUT2D eigenvalue weighted by Crippen LogP contribution is 2.16. The Hall–Kier alpha value is -1.52. The van der Waals surface area contributed by atoms with Crippen molar-refractivity contribution in [1.29, 1.82) is 0 Å². The van der Waals surface area contributed by atoms with Gasteiger partial charge in [0, 0.05) is 38.1 Å². The first kappa shape index (κ1) is 13.9. The summed E-state index contributed by atoms with van der Waals surface area (Å²) in [5.74, 6) is -0.374. The number of benzene rings is 1. The number of rotatable bonds is 5. The predicted molar refractivity (Wildman–Crippen MR) is 73.5 cm³/mol. The van der Waals surface area contributed by atoms with E-state index in [0.717, 1.165) is 24.2 Å². The molecule has 0 aliphatic carbocycles. The molecule has 0 amide bonds. The van der Waals surface area contributed by atoms with Gasteiger partial charge in [0.15, 0.2) is 0 Å². The largest absolute Gasteiger partial charge is 0.302 e. The Labute approximate surface area is 117 Å². The Morgan fingerprint density at radius 2 is 2.16 bits per heavy atom. The van der Waals surface area contributed by atoms with Gasteiger partial charge in [-0.25, -0.2) is 4.39 Å². The third kappa shape index (κ3) is 4.26. The number of halogens is 2. The summed E-state index contributed by atoms with van der Waals surface area (Å²) in [6, 6.07) is 4.90. The van der Waals surface area contributed by atoms with Crippen molar-refractivity contribution in [2.24, 2.45) is 0 Å². The van der Waals surface area contributed by atoms with Crippen LogP contribution in [-0.4, -0.2) is 28.5 Å². The van der Waals surface area contributed by atoms with Gasteiger partial charge in [-0.2, -0.15) is 0 Å². The molecule has 1 aromatic carbocycles. The van der Waals surface area contributed by atoms with Gasteiger partial charge in [0.2, 0.25) is 0 Å². The van der Waals surface area contributed by atoms with Crippen LogP contribution in [0.1, 0.15) is 11.3 Å². The lowest BCUT2D eigenvalue weighted by atomic mass is 10.2. The lowest BCUT2D eigenvalue weighted by Crippen LogP contribution is -2.21. The summed E-state index contributed by atoms with van der Waals surface area (Å²) in [6.07, 6.45) is 5.92. The van der Waals surface area contributed by atoms with E-state index < -0.39 is 0 Å². The van der Waals surface area contributed by atoms with Gasteiger partial charge in [-0.05, 0) is 24.7 Å². The van der Waals surface area contributed by atoms with Crippen molar-refractivity contribution in [2.45, 2.75) is 13.0 Å². The summed E-state index contributed by atoms with van der Waals surface area (Å²) in [7, 11) is 1.99. The van der Waals surface area contributed by atoms with Crippen molar-refractivity contribution < 1.29 is 4.39 Å². The normalized spacial score (nSPS) is 10.9. The summed E-state index contributed by atoms with van der Waals surface area (Å²) < 4.78 is 13.3. The second kappa shape index (κ2) is 6.59. The van der Waals surface area contributed by atoms with Crippen LogP contribution in [0.15, 0.2) is 36.8 Å². The van der Waals surface area contributed by atoms with E-state index in [1.165, 1.54) is 6.07 Å². The maximum atomic E-state index is 13.3. The van der Waals surface area contributed by atoms with E-state index in [4.69, 9.17) is 11.6 Å². The highest BCUT2D eigenvalue weighted by Gasteiger charge is 2.05. The third-order valence-corrected chi connectivity index (χ3v) is 3.11. The fraction of sp³-hybridized carbons (Fsp3) is 0.286. The fourth-order valence-electron chi connectivity index (χ4n) is 1.79. The minimum Gasteiger partial charge on any atom is -0.302 e. The molecule has 0 unspecified atom stereocenters. The van der Waals surface area contributed by atoms with Gasteiger partial charge in [-0.1, -0.05) is 17.7 Å². The molecular weight excluding hydrogens is 265 g/mol. The van der Waals surface area contributed by atoms with E-state index in [2.05, 4.69) is 14.9 Å². The Kier molecular flexibility index (Phi) is 4.82. The number of hydrogen-bond acceptors (Lipinski definition) is 3. The Morgan fingerprint density at radius 1 is 1.32 bits per heavy atom. The van der Waals surface area contributed by atoms with Crippen LogP contribution < -0.4 is 0 Å². The van der Waals surface area contributed by atoms with E-state index in [0.29, 0.717) is 6.54 Å². The summed E-state index contributed by atoms with van der Waals surface area (Å²) in [5, 5.41) is 0.158. The lowest BCUT2D eigenvalue weighted by molar-refractivity contribution is 0.329. The molecule has 0 N–H and O–H groups in total. The minimum absolute atomic E-state index is 0.158. The molecule has 1 heterocycles. The summed E-state index contributed by atoms with van der Waals surface area (Å²) in [4.78, 5) is 10.3. The monoisotopic (exact) mass is 279 g/mol. The van der Waals surface area contributed by atoms with Crippen molar-refractivity contribution in [3.63, 3.8) is 0 Å². The second-order valence-corrected chi connectivity index (χ2v) is 4.84. The molecule has 0 aliphatic heterocycles. The first-order valence-corrected chi connectivity index (χ1v) is 6.40. The minimum atomic E-state index is -0.374. The van der Waals surface area contributed by atoms with Gasteiger partial charge in [-0.3, -0.25) is 9.97 Å². The van der Waals surface area contributed by atoms with E-state index >= 15 is 0 Å². The smallest absolute Gasteiger partial charge is 0.142 e. The lowest BCUT2D eigenvalue weighted by Gasteiger charge is -2.16. The molecule has 3 nitrogen and oxygen atoms in total. The predicted octanol–water partition coefficient (Wildman–Crippen LogP) is 2.94. The molecule has 100 valence electrons. The zero-order valence-corrected chi connectivity index (χ0v) is 11.4. The summed E-state index contributed by atoms with van der Waals surface area (Å²) in [5.41, 5.74) is 1.86. The zero-order chi connectivity index (χ0) is 13.7. The first-order valence-electron chi connectivity index (χ1n) is 6.02. The molecule has 0 aliphatic rings. The van der Waals surface area contributed by atoms with Crippen LogP contribution >= 0.6 is 11.6 Å². The van der Waals surface area contributed by atoms with Crippen LogP contribution in [-0.2, 0) is 13.0 Å². The molecule has 0 saturated carbocycles. The van der Waals surface area contributed by atoms with Crippen LogP contribution in [0.3, 0.4) is 0 Å². The SMILES string of the molecule is CN(CCc1cnccn1)Cc1ccc(Cl)c(F)c1. The highest BCUT2D eigenvalue weighted by molar-refractivity contribution is 6.30. The van der Waals surface area contributed by atoms with Crippen LogP contribution in [0.2, 0.25) is 5.02 Å². The average Bonchev–Trinajstić information content (AvgIpc) is 2.42. The molecular formula is C14H15ClFN3. The third-order valence-electron chi connectivity index (χ3n) is 2.80. The van der Waals surface area contributed by atoms with Crippen molar-refractivity contribution in [2.75, 3.05) is 13.6 Å². The van der Waals surface area contributed by atoms with E-state index in [9.17, 15) is 4.39 Å². The molecule has 19 heavy (non-hydrogen) atoms. The molecule has 0 radical (unpaired) electrons. The van der Waals surface area contributed by atoms with Gasteiger partial charge < -0.3 is 4.90 Å². The molecule has 0 bridgehead atoms. The van der Waals surface area contributed by atoms with Crippen molar-refractivity contribution in [1.82, 2.24) is 14.9 Å². The van der Waals surface area contributed by atoms with E-state index in [1.54, 1.807) is 24.7 Å². The molecule has 2 aromatic rings. The number of likely N-dealkylation sites (N-methyl/N-ethyl adjacent to an activating group) is 1. The topological polar surface area (TPSA) is 29.0 Å². The average molecular weight is 280 g/mol. The van der Waals surface area contributed by atoms with Crippen molar-refractivity contribution in [3.05, 3.63) is 58.9 Å². The Balaban J connectivity index is 1.87. The van der Waals surface area contributed by atoms with Crippen LogP contribution in [0.4, 0.5) is 4.39 Å². The molecule has 0 spiro atoms. The molecule has 0 fully saturated rings. The van der Waals surface area contributed by atoms with Gasteiger partial charge in [-0.15, -0.1) is 0 Å². The molecule has 0 atom stereocenters. The van der Waals surface area contributed by atoms with E-state index in [1.807, 2.05) is 13.1 Å². The second-order valence-electron chi connectivity index (χ2n) is 4.43. The highest BCUT2D eigenvalue weighted by atomic mass is 35.5. The summed E-state index contributed by atoms with van der Waals surface area (Å²) >= 11 is 5.65. The zero-order valence-electron chi connectivity index (χ0n) is 10.7. The maximum absolute atomic E-state index is 13.3. The maximum Gasteiger partial charge on any atom is 0.142 e. The Morgan fingerprint density at radius 3 is 2.84 bits per heavy atom. The number of nitrogens with zero attached hydrogens (tertiary/aromatic N) is 3. The van der Waals surface area contributed by atoms with Gasteiger partial charge >= 0.3 is 0 Å². The van der Waals surface area contributed by atoms with Crippen LogP contribution in [0.25, 0.3) is 0 Å². The first-order chi connectivity index (χ1) is 9.15. The fourth-order valence-corrected chi connectivity index (χ4v) is 1.91. The van der Waals surface area contributed by atoms with Gasteiger partial charge in [0.1, 0.15) is 5.82 Å². The molecule has 1 aromatic heterocycles. The number of hydrogen-bond donors (Lipinski definition) is 0. The van der Waals surface area contributed by atoms with Crippen molar-refractivity contribution in [3.8, 4) is 0 Å². The standard InChI is InChI=1S/C14H15ClFN3/c1-19(7-4-12-9-17-5-6-18-12)10-11-2-3-13(15)14(16)8-11/h2-3,5-6,8-9H,4,7,10H2,1H3. The van der Waals surface area contributed by atoms with Crippen LogP contribution in [0, 0.1) is 5.82 Å². The number of aromatic nitrogens is 2. The molecule has 5 heteroatoms. The molecule has 0 saturated heterocycles. The Bertz CT molecular complexity index is 533. The van der Waals surface area contributed by atoms with Gasteiger partial charge in [0.25, 0.3) is 0 Å².